The zero-order valence-corrected chi connectivity index (χ0v) is 16.1. The van der Waals surface area contributed by atoms with Gasteiger partial charge in [0.2, 0.25) is 20.0 Å². The lowest BCUT2D eigenvalue weighted by molar-refractivity contribution is -0.138. The molecule has 0 saturated carbocycles. The Balaban J connectivity index is 2.07. The Morgan fingerprint density at radius 1 is 0.964 bits per heavy atom. The number of nitrogens with zero attached hydrogens (tertiary/aromatic N) is 1. The topological polar surface area (TPSA) is 97.5 Å². The van der Waals surface area contributed by atoms with Crippen molar-refractivity contribution >= 4 is 20.0 Å². The molecule has 6 nitrogen and oxygen atoms in total. The van der Waals surface area contributed by atoms with Crippen molar-refractivity contribution in [1.82, 2.24) is 4.31 Å². The van der Waals surface area contributed by atoms with Crippen LogP contribution in [0.1, 0.15) is 30.0 Å². The molecule has 1 unspecified atom stereocenters. The van der Waals surface area contributed by atoms with Crippen LogP contribution in [0.3, 0.4) is 0 Å². The van der Waals surface area contributed by atoms with Gasteiger partial charge in [-0.1, -0.05) is 24.3 Å². The Kier molecular flexibility index (Phi) is 5.30. The quantitative estimate of drug-likeness (QED) is 0.800. The normalized spacial score (nSPS) is 19.1. The van der Waals surface area contributed by atoms with Crippen molar-refractivity contribution < 1.29 is 30.0 Å². The standard InChI is InChI=1S/C17H17F3N2O4S2/c18-17(19,20)15-8-2-1-7-14(15)16-9-4-10-22(16)28(25,26)13-6-3-5-12(11-13)27(21,23)24/h1-3,5-8,11,16H,4,9-10H2,(H2,21,23,24). The van der Waals surface area contributed by atoms with E-state index in [0.29, 0.717) is 6.42 Å². The van der Waals surface area contributed by atoms with Gasteiger partial charge in [0, 0.05) is 6.54 Å². The van der Waals surface area contributed by atoms with E-state index in [1.165, 1.54) is 30.3 Å². The number of benzene rings is 2. The van der Waals surface area contributed by atoms with Crippen LogP contribution >= 0.6 is 0 Å². The highest BCUT2D eigenvalue weighted by molar-refractivity contribution is 7.90. The Bertz CT molecular complexity index is 1100. The smallest absolute Gasteiger partial charge is 0.225 e. The molecule has 0 amide bonds. The van der Waals surface area contributed by atoms with Crippen LogP contribution in [-0.2, 0) is 26.2 Å². The summed E-state index contributed by atoms with van der Waals surface area (Å²) in [4.78, 5) is -0.726. The summed E-state index contributed by atoms with van der Waals surface area (Å²) in [7, 11) is -8.37. The lowest BCUT2D eigenvalue weighted by Crippen LogP contribution is -2.32. The maximum absolute atomic E-state index is 13.4. The van der Waals surface area contributed by atoms with E-state index >= 15 is 0 Å². The van der Waals surface area contributed by atoms with Crippen LogP contribution in [0, 0.1) is 0 Å². The van der Waals surface area contributed by atoms with Crippen LogP contribution in [0.25, 0.3) is 0 Å². The van der Waals surface area contributed by atoms with Gasteiger partial charge in [0.15, 0.2) is 0 Å². The van der Waals surface area contributed by atoms with Crippen molar-refractivity contribution in [3.63, 3.8) is 0 Å². The summed E-state index contributed by atoms with van der Waals surface area (Å²) in [6.45, 7) is 0.0266. The van der Waals surface area contributed by atoms with Crippen molar-refractivity contribution in [3.8, 4) is 0 Å². The van der Waals surface area contributed by atoms with Crippen molar-refractivity contribution in [2.75, 3.05) is 6.54 Å². The average Bonchev–Trinajstić information content (AvgIpc) is 3.11. The zero-order chi connectivity index (χ0) is 20.7. The van der Waals surface area contributed by atoms with E-state index in [0.717, 1.165) is 22.5 Å². The van der Waals surface area contributed by atoms with Crippen LogP contribution in [-0.4, -0.2) is 27.7 Å². The van der Waals surface area contributed by atoms with Crippen LogP contribution in [0.15, 0.2) is 58.3 Å². The van der Waals surface area contributed by atoms with Crippen molar-refractivity contribution in [2.45, 2.75) is 34.9 Å². The number of sulfonamides is 2. The minimum Gasteiger partial charge on any atom is -0.225 e. The van der Waals surface area contributed by atoms with Crippen LogP contribution in [0.4, 0.5) is 13.2 Å². The highest BCUT2D eigenvalue weighted by Crippen LogP contribution is 2.42. The molecule has 0 radical (unpaired) electrons. The van der Waals surface area contributed by atoms with Gasteiger partial charge in [-0.05, 0) is 42.7 Å². The third kappa shape index (κ3) is 3.93. The van der Waals surface area contributed by atoms with Crippen molar-refractivity contribution in [3.05, 3.63) is 59.7 Å². The molecule has 1 aliphatic rings. The fourth-order valence-corrected chi connectivity index (χ4v) is 5.69. The van der Waals surface area contributed by atoms with Gasteiger partial charge in [-0.25, -0.2) is 22.0 Å². The van der Waals surface area contributed by atoms with Crippen molar-refractivity contribution in [2.24, 2.45) is 5.14 Å². The molecular formula is C17H17F3N2O4S2. The maximum atomic E-state index is 13.4. The number of hydrogen-bond acceptors (Lipinski definition) is 4. The minimum absolute atomic E-state index is 0.0266. The maximum Gasteiger partial charge on any atom is 0.416 e. The highest BCUT2D eigenvalue weighted by atomic mass is 32.2. The molecule has 152 valence electrons. The molecular weight excluding hydrogens is 417 g/mol. The number of nitrogens with two attached hydrogens (primary N) is 1. The number of hydrogen-bond donors (Lipinski definition) is 1. The number of rotatable bonds is 4. The summed E-state index contributed by atoms with van der Waals surface area (Å²) in [5, 5.41) is 5.05. The summed E-state index contributed by atoms with van der Waals surface area (Å²) in [5.74, 6) is 0. The van der Waals surface area contributed by atoms with E-state index in [1.54, 1.807) is 0 Å². The van der Waals surface area contributed by atoms with Crippen LogP contribution in [0.5, 0.6) is 0 Å². The predicted octanol–water partition coefficient (Wildman–Crippen LogP) is 2.88. The Hall–Kier alpha value is -1.95. The Morgan fingerprint density at radius 2 is 1.61 bits per heavy atom. The molecule has 11 heteroatoms. The monoisotopic (exact) mass is 434 g/mol. The molecule has 1 heterocycles. The Labute approximate surface area is 160 Å². The molecule has 28 heavy (non-hydrogen) atoms. The molecule has 0 bridgehead atoms. The van der Waals surface area contributed by atoms with Gasteiger partial charge in [0.05, 0.1) is 21.4 Å². The van der Waals surface area contributed by atoms with Gasteiger partial charge in [0.25, 0.3) is 0 Å². The lowest BCUT2D eigenvalue weighted by Gasteiger charge is -2.26. The first-order valence-electron chi connectivity index (χ1n) is 8.23. The molecule has 1 aliphatic heterocycles. The van der Waals surface area contributed by atoms with Gasteiger partial charge >= 0.3 is 6.18 Å². The first kappa shape index (κ1) is 20.8. The second-order valence-electron chi connectivity index (χ2n) is 6.38. The first-order chi connectivity index (χ1) is 12.9. The van der Waals surface area contributed by atoms with Gasteiger partial charge in [0.1, 0.15) is 0 Å². The van der Waals surface area contributed by atoms with E-state index < -0.39 is 37.8 Å². The van der Waals surface area contributed by atoms with Crippen LogP contribution < -0.4 is 5.14 Å². The van der Waals surface area contributed by atoms with E-state index in [9.17, 15) is 30.0 Å². The summed E-state index contributed by atoms with van der Waals surface area (Å²) in [6.07, 6.45) is -4.02. The third-order valence-corrected chi connectivity index (χ3v) is 7.38. The van der Waals surface area contributed by atoms with Gasteiger partial charge in [-0.2, -0.15) is 17.5 Å². The number of alkyl halides is 3. The molecule has 1 atom stereocenters. The van der Waals surface area contributed by atoms with Gasteiger partial charge in [-0.3, -0.25) is 0 Å². The van der Waals surface area contributed by atoms with E-state index in [1.807, 2.05) is 0 Å². The molecule has 2 N–H and O–H groups in total. The molecule has 0 spiro atoms. The number of primary sulfonamides is 1. The first-order valence-corrected chi connectivity index (χ1v) is 11.2. The lowest BCUT2D eigenvalue weighted by atomic mass is 9.99. The fraction of sp³-hybridized carbons (Fsp3) is 0.294. The molecule has 1 fully saturated rings. The van der Waals surface area contributed by atoms with Gasteiger partial charge in [-0.15, -0.1) is 0 Å². The number of halogens is 3. The molecule has 1 saturated heterocycles. The highest BCUT2D eigenvalue weighted by Gasteiger charge is 2.41. The Morgan fingerprint density at radius 3 is 2.25 bits per heavy atom. The second kappa shape index (κ2) is 7.14. The largest absolute Gasteiger partial charge is 0.416 e. The van der Waals surface area contributed by atoms with Crippen molar-refractivity contribution in [1.29, 1.82) is 0 Å². The van der Waals surface area contributed by atoms with E-state index in [2.05, 4.69) is 0 Å². The summed E-state index contributed by atoms with van der Waals surface area (Å²) in [6, 6.07) is 8.33. The molecule has 0 aromatic heterocycles. The molecule has 0 aliphatic carbocycles. The summed E-state index contributed by atoms with van der Waals surface area (Å²) < 4.78 is 90.3. The van der Waals surface area contributed by atoms with E-state index in [-0.39, 0.29) is 28.3 Å². The second-order valence-corrected chi connectivity index (χ2v) is 9.83. The van der Waals surface area contributed by atoms with Crippen LogP contribution in [0.2, 0.25) is 0 Å². The zero-order valence-electron chi connectivity index (χ0n) is 14.4. The molecule has 3 rings (SSSR count). The summed E-state index contributed by atoms with van der Waals surface area (Å²) in [5.41, 5.74) is -1.01. The SMILES string of the molecule is NS(=O)(=O)c1cccc(S(=O)(=O)N2CCCC2c2ccccc2C(F)(F)F)c1. The third-order valence-electron chi connectivity index (χ3n) is 4.57. The minimum atomic E-state index is -4.62. The molecule has 2 aromatic rings. The fourth-order valence-electron chi connectivity index (χ4n) is 3.33. The molecule has 2 aromatic carbocycles. The summed E-state index contributed by atoms with van der Waals surface area (Å²) >= 11 is 0. The van der Waals surface area contributed by atoms with Gasteiger partial charge < -0.3 is 0 Å². The average molecular weight is 434 g/mol. The predicted molar refractivity (Wildman–Crippen MR) is 95.1 cm³/mol. The van der Waals surface area contributed by atoms with E-state index in [4.69, 9.17) is 5.14 Å².